The Morgan fingerprint density at radius 3 is 2.67 bits per heavy atom. The van der Waals surface area contributed by atoms with E-state index in [2.05, 4.69) is 9.98 Å². The molecule has 0 saturated heterocycles. The number of halogens is 2. The lowest BCUT2D eigenvalue weighted by Crippen LogP contribution is -2.10. The van der Waals surface area contributed by atoms with Gasteiger partial charge in [0.1, 0.15) is 5.17 Å². The molecule has 1 heterocycles. The van der Waals surface area contributed by atoms with E-state index in [-0.39, 0.29) is 11.3 Å². The zero-order valence-electron chi connectivity index (χ0n) is 4.93. The molecule has 0 saturated carbocycles. The van der Waals surface area contributed by atoms with Gasteiger partial charge in [0.25, 0.3) is 0 Å². The molecule has 50 valence electrons. The summed E-state index contributed by atoms with van der Waals surface area (Å²) in [5, 5.41) is 0.807. The Hall–Kier alpha value is -0.0800. The minimum absolute atomic E-state index is 0.183. The van der Waals surface area contributed by atoms with Crippen molar-refractivity contribution in [2.45, 2.75) is 19.4 Å². The van der Waals surface area contributed by atoms with Crippen LogP contribution in [0.2, 0.25) is 0 Å². The van der Waals surface area contributed by atoms with Gasteiger partial charge in [0, 0.05) is 6.42 Å². The molecule has 1 rings (SSSR count). The van der Waals surface area contributed by atoms with Gasteiger partial charge in [-0.15, -0.1) is 0 Å². The summed E-state index contributed by atoms with van der Waals surface area (Å²) in [6.45, 7) is 1.94. The summed E-state index contributed by atoms with van der Waals surface area (Å²) in [4.78, 5) is 7.67. The van der Waals surface area contributed by atoms with Crippen LogP contribution in [0.15, 0.2) is 9.98 Å². The minimum atomic E-state index is 0.183. The first-order chi connectivity index (χ1) is 4.18. The smallest absolute Gasteiger partial charge is 0.219 e. The van der Waals surface area contributed by atoms with Gasteiger partial charge in [0.15, 0.2) is 0 Å². The topological polar surface area (TPSA) is 24.7 Å². The van der Waals surface area contributed by atoms with E-state index in [1.807, 2.05) is 6.92 Å². The second kappa shape index (κ2) is 2.67. The minimum Gasteiger partial charge on any atom is -0.253 e. The second-order valence-corrected chi connectivity index (χ2v) is 2.71. The number of hydrogen-bond donors (Lipinski definition) is 0. The van der Waals surface area contributed by atoms with Crippen molar-refractivity contribution in [2.75, 3.05) is 0 Å². The molecule has 9 heavy (non-hydrogen) atoms. The van der Waals surface area contributed by atoms with E-state index in [0.29, 0.717) is 11.6 Å². The molecule has 0 bridgehead atoms. The van der Waals surface area contributed by atoms with E-state index >= 15 is 0 Å². The van der Waals surface area contributed by atoms with Crippen LogP contribution in [0.5, 0.6) is 0 Å². The molecule has 0 aromatic rings. The third-order valence-electron chi connectivity index (χ3n) is 1.00. The zero-order chi connectivity index (χ0) is 6.85. The fourth-order valence-corrected chi connectivity index (χ4v) is 1.26. The van der Waals surface area contributed by atoms with Gasteiger partial charge in [-0.3, -0.25) is 4.99 Å². The van der Waals surface area contributed by atoms with E-state index in [9.17, 15) is 0 Å². The molecule has 0 aliphatic carbocycles. The molecule has 1 unspecified atom stereocenters. The summed E-state index contributed by atoms with van der Waals surface area (Å²) in [7, 11) is 0. The van der Waals surface area contributed by atoms with Crippen LogP contribution >= 0.6 is 23.2 Å². The summed E-state index contributed by atoms with van der Waals surface area (Å²) in [6.07, 6.45) is 0.706. The van der Waals surface area contributed by atoms with Gasteiger partial charge >= 0.3 is 0 Å². The number of amidine groups is 1. The van der Waals surface area contributed by atoms with Gasteiger partial charge in [-0.05, 0) is 18.5 Å². The highest BCUT2D eigenvalue weighted by Crippen LogP contribution is 2.10. The Bertz CT molecular complexity index is 174. The summed E-state index contributed by atoms with van der Waals surface area (Å²) < 4.78 is 0. The molecule has 1 aliphatic rings. The third kappa shape index (κ3) is 1.95. The monoisotopic (exact) mass is 164 g/mol. The molecule has 1 atom stereocenters. The number of nitrogens with zero attached hydrogens (tertiary/aromatic N) is 2. The van der Waals surface area contributed by atoms with Crippen molar-refractivity contribution in [2.24, 2.45) is 9.98 Å². The van der Waals surface area contributed by atoms with Crippen molar-refractivity contribution in [1.29, 1.82) is 0 Å². The number of rotatable bonds is 0. The number of hydrogen-bond acceptors (Lipinski definition) is 2. The lowest BCUT2D eigenvalue weighted by molar-refractivity contribution is 0.778. The molecule has 0 amide bonds. The first-order valence-electron chi connectivity index (χ1n) is 2.65. The predicted octanol–water partition coefficient (Wildman–Crippen LogP) is 2.01. The quantitative estimate of drug-likeness (QED) is 0.490. The molecule has 0 fully saturated rings. The highest BCUT2D eigenvalue weighted by atomic mass is 35.5. The van der Waals surface area contributed by atoms with E-state index < -0.39 is 0 Å². The zero-order valence-corrected chi connectivity index (χ0v) is 6.45. The van der Waals surface area contributed by atoms with Gasteiger partial charge in [-0.1, -0.05) is 11.6 Å². The molecule has 0 N–H and O–H groups in total. The molecular weight excluding hydrogens is 159 g/mol. The van der Waals surface area contributed by atoms with Gasteiger partial charge in [0.2, 0.25) is 5.29 Å². The van der Waals surface area contributed by atoms with E-state index in [1.165, 1.54) is 0 Å². The summed E-state index contributed by atoms with van der Waals surface area (Å²) in [5.41, 5.74) is 0. The van der Waals surface area contributed by atoms with Crippen LogP contribution in [-0.4, -0.2) is 16.5 Å². The maximum absolute atomic E-state index is 5.59. The SMILES string of the molecule is CC1CC(Cl)=NC(Cl)=N1. The van der Waals surface area contributed by atoms with E-state index in [1.54, 1.807) is 0 Å². The van der Waals surface area contributed by atoms with Crippen molar-refractivity contribution < 1.29 is 0 Å². The molecule has 2 nitrogen and oxygen atoms in total. The molecular formula is C5H6Cl2N2. The fraction of sp³-hybridized carbons (Fsp3) is 0.600. The van der Waals surface area contributed by atoms with E-state index in [4.69, 9.17) is 23.2 Å². The van der Waals surface area contributed by atoms with Crippen molar-refractivity contribution in [1.82, 2.24) is 0 Å². The van der Waals surface area contributed by atoms with Crippen LogP contribution in [-0.2, 0) is 0 Å². The third-order valence-corrected chi connectivity index (χ3v) is 1.43. The standard InChI is InChI=1S/C5H6Cl2N2/c1-3-2-4(6)9-5(7)8-3/h3H,2H2,1H3. The lowest BCUT2D eigenvalue weighted by Gasteiger charge is -2.08. The predicted molar refractivity (Wildman–Crippen MR) is 40.7 cm³/mol. The Labute approximate surface area is 63.6 Å². The maximum atomic E-state index is 5.59. The van der Waals surface area contributed by atoms with Crippen LogP contribution < -0.4 is 0 Å². The van der Waals surface area contributed by atoms with Crippen LogP contribution in [0.4, 0.5) is 0 Å². The van der Waals surface area contributed by atoms with Crippen LogP contribution in [0.25, 0.3) is 0 Å². The molecule has 0 radical (unpaired) electrons. The lowest BCUT2D eigenvalue weighted by atomic mass is 10.2. The van der Waals surface area contributed by atoms with Gasteiger partial charge in [-0.2, -0.15) is 0 Å². The molecule has 0 spiro atoms. The Morgan fingerprint density at radius 2 is 2.22 bits per heavy atom. The molecule has 0 aromatic carbocycles. The van der Waals surface area contributed by atoms with Gasteiger partial charge in [-0.25, -0.2) is 4.99 Å². The van der Waals surface area contributed by atoms with Crippen molar-refractivity contribution >= 4 is 33.7 Å². The van der Waals surface area contributed by atoms with Crippen molar-refractivity contribution in [3.8, 4) is 0 Å². The first-order valence-corrected chi connectivity index (χ1v) is 3.40. The number of aliphatic imine (C=N–C) groups is 2. The van der Waals surface area contributed by atoms with E-state index in [0.717, 1.165) is 0 Å². The second-order valence-electron chi connectivity index (χ2n) is 1.94. The first kappa shape index (κ1) is 7.03. The van der Waals surface area contributed by atoms with Gasteiger partial charge in [0.05, 0.1) is 6.04 Å². The summed E-state index contributed by atoms with van der Waals surface area (Å²) in [6, 6.07) is 0.183. The summed E-state index contributed by atoms with van der Waals surface area (Å²) >= 11 is 11.1. The van der Waals surface area contributed by atoms with Crippen LogP contribution in [0.1, 0.15) is 13.3 Å². The Balaban J connectivity index is 2.74. The average Bonchev–Trinajstić information content (AvgIpc) is 1.59. The molecule has 0 aromatic heterocycles. The Morgan fingerprint density at radius 1 is 1.56 bits per heavy atom. The highest BCUT2D eigenvalue weighted by Gasteiger charge is 2.10. The van der Waals surface area contributed by atoms with Crippen LogP contribution in [0, 0.1) is 0 Å². The fourth-order valence-electron chi connectivity index (χ4n) is 0.646. The average molecular weight is 165 g/mol. The Kier molecular flexibility index (Phi) is 2.09. The van der Waals surface area contributed by atoms with Crippen LogP contribution in [0.3, 0.4) is 0 Å². The van der Waals surface area contributed by atoms with Gasteiger partial charge < -0.3 is 0 Å². The molecule has 1 aliphatic heterocycles. The maximum Gasteiger partial charge on any atom is 0.219 e. The highest BCUT2D eigenvalue weighted by molar-refractivity contribution is 6.72. The van der Waals surface area contributed by atoms with Crippen molar-refractivity contribution in [3.05, 3.63) is 0 Å². The molecule has 4 heteroatoms. The normalized spacial score (nSPS) is 27.2. The summed E-state index contributed by atoms with van der Waals surface area (Å²) in [5.74, 6) is 0. The largest absolute Gasteiger partial charge is 0.253 e. The van der Waals surface area contributed by atoms with Crippen molar-refractivity contribution in [3.63, 3.8) is 0 Å².